The van der Waals surface area contributed by atoms with E-state index in [1.807, 2.05) is 6.92 Å². The maximum absolute atomic E-state index is 10.7. The van der Waals surface area contributed by atoms with Crippen molar-refractivity contribution >= 4 is 16.6 Å². The van der Waals surface area contributed by atoms with Gasteiger partial charge in [0.25, 0.3) is 5.69 Å². The highest BCUT2D eigenvalue weighted by molar-refractivity contribution is 5.83. The average molecular weight is 206 g/mol. The molecule has 0 saturated heterocycles. The van der Waals surface area contributed by atoms with Crippen LogP contribution in [0.25, 0.3) is 10.9 Å². The molecule has 1 heterocycles. The lowest BCUT2D eigenvalue weighted by Gasteiger charge is -1.99. The Labute approximate surface area is 85.8 Å². The molecule has 5 nitrogen and oxygen atoms in total. The first-order valence-corrected chi connectivity index (χ1v) is 4.73. The highest BCUT2D eigenvalue weighted by Crippen LogP contribution is 2.25. The summed E-state index contributed by atoms with van der Waals surface area (Å²) < 4.78 is 4.81. The molecule has 0 fully saturated rings. The predicted octanol–water partition coefficient (Wildman–Crippen LogP) is 2.69. The van der Waals surface area contributed by atoms with E-state index in [-0.39, 0.29) is 5.69 Å². The van der Waals surface area contributed by atoms with Crippen LogP contribution in [0.2, 0.25) is 0 Å². The van der Waals surface area contributed by atoms with Gasteiger partial charge in [0.05, 0.1) is 4.92 Å². The number of nitrogens with zero attached hydrogens (tertiary/aromatic N) is 2. The molecule has 0 aliphatic heterocycles. The lowest BCUT2D eigenvalue weighted by Crippen LogP contribution is -1.91. The van der Waals surface area contributed by atoms with Gasteiger partial charge in [0.2, 0.25) is 0 Å². The van der Waals surface area contributed by atoms with Crippen molar-refractivity contribution in [3.63, 3.8) is 0 Å². The minimum absolute atomic E-state index is 0.0693. The van der Waals surface area contributed by atoms with E-state index in [0.717, 1.165) is 23.8 Å². The maximum atomic E-state index is 10.7. The Bertz CT molecular complexity index is 504. The second kappa shape index (κ2) is 3.68. The van der Waals surface area contributed by atoms with Gasteiger partial charge in [-0.3, -0.25) is 10.1 Å². The fourth-order valence-corrected chi connectivity index (χ4v) is 1.61. The second-order valence-corrected chi connectivity index (χ2v) is 3.36. The van der Waals surface area contributed by atoms with E-state index in [0.29, 0.717) is 5.52 Å². The number of nitro groups is 1. The summed E-state index contributed by atoms with van der Waals surface area (Å²) in [5, 5.41) is 15.3. The number of fused-ring (bicyclic) bond motifs is 1. The van der Waals surface area contributed by atoms with Crippen molar-refractivity contribution in [1.82, 2.24) is 5.16 Å². The molecule has 2 rings (SSSR count). The number of hydrogen-bond acceptors (Lipinski definition) is 4. The molecule has 0 aliphatic rings. The first-order valence-electron chi connectivity index (χ1n) is 4.73. The quantitative estimate of drug-likeness (QED) is 0.571. The zero-order valence-corrected chi connectivity index (χ0v) is 8.27. The number of benzene rings is 1. The van der Waals surface area contributed by atoms with Gasteiger partial charge in [-0.25, -0.2) is 0 Å². The van der Waals surface area contributed by atoms with Crippen LogP contribution >= 0.6 is 0 Å². The van der Waals surface area contributed by atoms with Crippen LogP contribution in [0.3, 0.4) is 0 Å². The summed E-state index contributed by atoms with van der Waals surface area (Å²) in [5.74, 6) is 0. The summed E-state index contributed by atoms with van der Waals surface area (Å²) in [7, 11) is 0. The summed E-state index contributed by atoms with van der Waals surface area (Å²) in [5.41, 5.74) is 1.54. The van der Waals surface area contributed by atoms with Gasteiger partial charge in [-0.05, 0) is 12.0 Å². The number of hydrogen-bond donors (Lipinski definition) is 0. The smallest absolute Gasteiger partial charge is 0.272 e. The number of nitro benzene ring substituents is 1. The predicted molar refractivity (Wildman–Crippen MR) is 54.7 cm³/mol. The van der Waals surface area contributed by atoms with Crippen molar-refractivity contribution in [3.8, 4) is 0 Å². The largest absolute Gasteiger partial charge is 0.363 e. The van der Waals surface area contributed by atoms with Crippen molar-refractivity contribution in [2.75, 3.05) is 0 Å². The van der Waals surface area contributed by atoms with E-state index < -0.39 is 4.92 Å². The summed E-state index contributed by atoms with van der Waals surface area (Å²) in [6.45, 7) is 2.03. The molecule has 0 spiro atoms. The molecule has 1 aromatic heterocycles. The topological polar surface area (TPSA) is 69.2 Å². The second-order valence-electron chi connectivity index (χ2n) is 3.36. The molecule has 0 N–H and O–H groups in total. The highest BCUT2D eigenvalue weighted by atomic mass is 16.6. The van der Waals surface area contributed by atoms with E-state index >= 15 is 0 Å². The first kappa shape index (κ1) is 9.64. The van der Waals surface area contributed by atoms with Crippen LogP contribution in [0.15, 0.2) is 22.9 Å². The summed E-state index contributed by atoms with van der Waals surface area (Å²) in [6.07, 6.45) is 3.25. The Morgan fingerprint density at radius 3 is 3.00 bits per heavy atom. The Kier molecular flexibility index (Phi) is 2.37. The first-order chi connectivity index (χ1) is 7.22. The van der Waals surface area contributed by atoms with E-state index in [2.05, 4.69) is 5.16 Å². The lowest BCUT2D eigenvalue weighted by molar-refractivity contribution is -0.384. The summed E-state index contributed by atoms with van der Waals surface area (Å²) >= 11 is 0. The van der Waals surface area contributed by atoms with Gasteiger partial charge >= 0.3 is 0 Å². The van der Waals surface area contributed by atoms with Crippen LogP contribution in [0.5, 0.6) is 0 Å². The summed E-state index contributed by atoms with van der Waals surface area (Å²) in [6, 6.07) is 3.01. The van der Waals surface area contributed by atoms with Crippen molar-refractivity contribution < 1.29 is 9.45 Å². The zero-order chi connectivity index (χ0) is 10.8. The minimum Gasteiger partial charge on any atom is -0.363 e. The molecule has 0 amide bonds. The van der Waals surface area contributed by atoms with Gasteiger partial charge in [0, 0.05) is 17.5 Å². The third kappa shape index (κ3) is 1.68. The number of aromatic nitrogens is 1. The monoisotopic (exact) mass is 206 g/mol. The van der Waals surface area contributed by atoms with E-state index in [1.54, 1.807) is 6.07 Å². The van der Waals surface area contributed by atoms with Gasteiger partial charge in [-0.1, -0.05) is 18.5 Å². The molecule has 78 valence electrons. The Morgan fingerprint density at radius 1 is 1.53 bits per heavy atom. The molecular weight excluding hydrogens is 196 g/mol. The average Bonchev–Trinajstić information content (AvgIpc) is 2.65. The molecule has 0 atom stereocenters. The molecule has 1 aromatic carbocycles. The Hall–Kier alpha value is -1.91. The van der Waals surface area contributed by atoms with Crippen LogP contribution < -0.4 is 0 Å². The van der Waals surface area contributed by atoms with Crippen molar-refractivity contribution in [2.45, 2.75) is 19.8 Å². The lowest BCUT2D eigenvalue weighted by atomic mass is 10.1. The van der Waals surface area contributed by atoms with E-state index in [9.17, 15) is 10.1 Å². The van der Waals surface area contributed by atoms with Gasteiger partial charge in [0.15, 0.2) is 0 Å². The molecule has 0 bridgehead atoms. The summed E-state index contributed by atoms with van der Waals surface area (Å²) in [4.78, 5) is 10.3. The molecular formula is C10H10N2O3. The van der Waals surface area contributed by atoms with Crippen LogP contribution in [0.4, 0.5) is 5.69 Å². The zero-order valence-electron chi connectivity index (χ0n) is 8.27. The SMILES string of the molecule is CCCc1cc([N+](=O)[O-])cc2nocc12. The molecule has 0 radical (unpaired) electrons. The maximum Gasteiger partial charge on any atom is 0.272 e. The van der Waals surface area contributed by atoms with Gasteiger partial charge < -0.3 is 4.52 Å². The standard InChI is InChI=1S/C10H10N2O3/c1-2-3-7-4-8(12(13)14)5-10-9(7)6-15-11-10/h4-6H,2-3H2,1H3. The van der Waals surface area contributed by atoms with Crippen LogP contribution in [-0.2, 0) is 6.42 Å². The molecule has 0 saturated carbocycles. The van der Waals surface area contributed by atoms with Crippen molar-refractivity contribution in [2.24, 2.45) is 0 Å². The molecule has 5 heteroatoms. The normalized spacial score (nSPS) is 10.7. The van der Waals surface area contributed by atoms with Gasteiger partial charge in [-0.2, -0.15) is 0 Å². The highest BCUT2D eigenvalue weighted by Gasteiger charge is 2.13. The molecule has 15 heavy (non-hydrogen) atoms. The van der Waals surface area contributed by atoms with Crippen molar-refractivity contribution in [3.05, 3.63) is 34.1 Å². The Balaban J connectivity index is 2.63. The fourth-order valence-electron chi connectivity index (χ4n) is 1.61. The van der Waals surface area contributed by atoms with Gasteiger partial charge in [-0.15, -0.1) is 0 Å². The molecule has 0 unspecified atom stereocenters. The Morgan fingerprint density at radius 2 is 2.33 bits per heavy atom. The van der Waals surface area contributed by atoms with Crippen LogP contribution in [0, 0.1) is 10.1 Å². The third-order valence-electron chi connectivity index (χ3n) is 2.28. The number of rotatable bonds is 3. The van der Waals surface area contributed by atoms with Crippen LogP contribution in [-0.4, -0.2) is 10.1 Å². The van der Waals surface area contributed by atoms with Gasteiger partial charge in [0.1, 0.15) is 11.8 Å². The molecule has 2 aromatic rings. The van der Waals surface area contributed by atoms with E-state index in [1.165, 1.54) is 12.3 Å². The third-order valence-corrected chi connectivity index (χ3v) is 2.28. The van der Waals surface area contributed by atoms with Crippen LogP contribution in [0.1, 0.15) is 18.9 Å². The fraction of sp³-hybridized carbons (Fsp3) is 0.300. The molecule has 0 aliphatic carbocycles. The van der Waals surface area contributed by atoms with Crippen molar-refractivity contribution in [1.29, 1.82) is 0 Å². The van der Waals surface area contributed by atoms with E-state index in [4.69, 9.17) is 4.52 Å². The minimum atomic E-state index is -0.409. The number of aryl methyl sites for hydroxylation is 1. The number of non-ortho nitro benzene ring substituents is 1.